The molecule has 1 aliphatic rings. The zero-order valence-electron chi connectivity index (χ0n) is 17.7. The van der Waals surface area contributed by atoms with E-state index >= 15 is 0 Å². The molecule has 0 saturated heterocycles. The smallest absolute Gasteiger partial charge is 0.175 e. The van der Waals surface area contributed by atoms with E-state index in [0.29, 0.717) is 4.90 Å². The molecule has 4 rings (SSSR count). The van der Waals surface area contributed by atoms with E-state index in [0.717, 1.165) is 30.2 Å². The molecule has 0 bridgehead atoms. The van der Waals surface area contributed by atoms with Crippen LogP contribution in [-0.2, 0) is 9.84 Å². The number of aromatic nitrogens is 1. The molecule has 7 heteroatoms. The lowest BCUT2D eigenvalue weighted by atomic mass is 9.95. The topological polar surface area (TPSA) is 83.1 Å². The molecule has 3 aromatic rings. The summed E-state index contributed by atoms with van der Waals surface area (Å²) in [5.74, 6) is 1.09. The van der Waals surface area contributed by atoms with Crippen molar-refractivity contribution in [2.75, 3.05) is 30.0 Å². The van der Waals surface area contributed by atoms with Gasteiger partial charge in [0.2, 0.25) is 0 Å². The van der Waals surface area contributed by atoms with Crippen LogP contribution in [0.15, 0.2) is 77.8 Å². The second-order valence-corrected chi connectivity index (χ2v) is 10.1. The molecule has 0 aliphatic carbocycles. The van der Waals surface area contributed by atoms with Gasteiger partial charge >= 0.3 is 0 Å². The Kier molecular flexibility index (Phi) is 6.25. The van der Waals surface area contributed by atoms with Crippen molar-refractivity contribution in [3.05, 3.63) is 84.1 Å². The van der Waals surface area contributed by atoms with Crippen LogP contribution in [0.1, 0.15) is 30.0 Å². The number of hydrogen-bond donors (Lipinski definition) is 3. The molecule has 0 fully saturated rings. The Balaban J connectivity index is 1.49. The first-order chi connectivity index (χ1) is 14.9. The van der Waals surface area contributed by atoms with Gasteiger partial charge in [-0.05, 0) is 41.3 Å². The van der Waals surface area contributed by atoms with Crippen molar-refractivity contribution in [2.24, 2.45) is 0 Å². The summed E-state index contributed by atoms with van der Waals surface area (Å²) >= 11 is 0. The van der Waals surface area contributed by atoms with E-state index in [-0.39, 0.29) is 18.0 Å². The second-order valence-electron chi connectivity index (χ2n) is 8.07. The first kappa shape index (κ1) is 21.3. The van der Waals surface area contributed by atoms with Gasteiger partial charge in [-0.3, -0.25) is 0 Å². The fourth-order valence-corrected chi connectivity index (χ4v) is 4.56. The van der Waals surface area contributed by atoms with Gasteiger partial charge in [-0.2, -0.15) is 0 Å². The SMILES string of the molecule is C[C@H](CN[C@H](c1ccccc1)[C@H]1CNc2cccnc2N1)c1ccc(S(C)(=O)=O)cc1. The molecule has 31 heavy (non-hydrogen) atoms. The average Bonchev–Trinajstić information content (AvgIpc) is 2.79. The van der Waals surface area contributed by atoms with E-state index in [2.05, 4.69) is 52.1 Å². The van der Waals surface area contributed by atoms with E-state index in [1.165, 1.54) is 11.8 Å². The van der Waals surface area contributed by atoms with Gasteiger partial charge < -0.3 is 16.0 Å². The van der Waals surface area contributed by atoms with Gasteiger partial charge in [0.05, 0.1) is 22.7 Å². The Bertz CT molecular complexity index is 1120. The van der Waals surface area contributed by atoms with E-state index in [1.54, 1.807) is 18.3 Å². The summed E-state index contributed by atoms with van der Waals surface area (Å²) in [5.41, 5.74) is 3.33. The third-order valence-electron chi connectivity index (χ3n) is 5.72. The maximum Gasteiger partial charge on any atom is 0.175 e. The lowest BCUT2D eigenvalue weighted by molar-refractivity contribution is 0.453. The van der Waals surface area contributed by atoms with Gasteiger partial charge in [0.15, 0.2) is 9.84 Å². The molecular weight excluding hydrogens is 408 g/mol. The Morgan fingerprint density at radius 3 is 2.48 bits per heavy atom. The quantitative estimate of drug-likeness (QED) is 0.522. The van der Waals surface area contributed by atoms with Crippen molar-refractivity contribution in [2.45, 2.75) is 29.8 Å². The summed E-state index contributed by atoms with van der Waals surface area (Å²) < 4.78 is 23.4. The molecule has 0 saturated carbocycles. The maximum atomic E-state index is 11.7. The second kappa shape index (κ2) is 9.08. The van der Waals surface area contributed by atoms with E-state index in [9.17, 15) is 8.42 Å². The van der Waals surface area contributed by atoms with Crippen molar-refractivity contribution in [1.29, 1.82) is 0 Å². The van der Waals surface area contributed by atoms with E-state index in [1.807, 2.05) is 30.3 Å². The van der Waals surface area contributed by atoms with Crippen LogP contribution in [0.3, 0.4) is 0 Å². The minimum Gasteiger partial charge on any atom is -0.380 e. The normalized spacial score (nSPS) is 17.7. The molecule has 1 aromatic heterocycles. The highest BCUT2D eigenvalue weighted by molar-refractivity contribution is 7.90. The number of fused-ring (bicyclic) bond motifs is 1. The summed E-state index contributed by atoms with van der Waals surface area (Å²) in [4.78, 5) is 4.82. The molecule has 2 heterocycles. The summed E-state index contributed by atoms with van der Waals surface area (Å²) in [5, 5.41) is 10.8. The highest BCUT2D eigenvalue weighted by atomic mass is 32.2. The monoisotopic (exact) mass is 436 g/mol. The number of pyridine rings is 1. The zero-order chi connectivity index (χ0) is 21.8. The number of hydrogen-bond acceptors (Lipinski definition) is 6. The van der Waals surface area contributed by atoms with Gasteiger partial charge in [0.1, 0.15) is 5.82 Å². The summed E-state index contributed by atoms with van der Waals surface area (Å²) in [6.07, 6.45) is 3.03. The fourth-order valence-electron chi connectivity index (χ4n) is 3.93. The fraction of sp³-hybridized carbons (Fsp3) is 0.292. The molecule has 6 nitrogen and oxygen atoms in total. The van der Waals surface area contributed by atoms with Gasteiger partial charge in [0, 0.05) is 25.5 Å². The first-order valence-corrected chi connectivity index (χ1v) is 12.3. The largest absolute Gasteiger partial charge is 0.380 e. The molecule has 3 atom stereocenters. The predicted octanol–water partition coefficient (Wildman–Crippen LogP) is 3.83. The molecule has 2 aromatic carbocycles. The Morgan fingerprint density at radius 1 is 1.03 bits per heavy atom. The maximum absolute atomic E-state index is 11.7. The lowest BCUT2D eigenvalue weighted by Crippen LogP contribution is -2.45. The third kappa shape index (κ3) is 5.06. The van der Waals surface area contributed by atoms with Crippen LogP contribution in [0, 0.1) is 0 Å². The number of nitrogens with zero attached hydrogens (tertiary/aromatic N) is 1. The molecule has 162 valence electrons. The Morgan fingerprint density at radius 2 is 1.77 bits per heavy atom. The van der Waals surface area contributed by atoms with Crippen LogP contribution < -0.4 is 16.0 Å². The minimum absolute atomic E-state index is 0.0848. The standard InChI is InChI=1S/C24H28N4O2S/c1-17(18-10-12-20(13-11-18)31(2,29)30)15-27-23(19-7-4-3-5-8-19)22-16-26-21-9-6-14-25-24(21)28-22/h3-14,17,22-23,26-27H,15-16H2,1-2H3,(H,25,28)/t17-,22-,23-/m1/s1. The predicted molar refractivity (Wildman–Crippen MR) is 125 cm³/mol. The molecule has 0 spiro atoms. The van der Waals surface area contributed by atoms with Crippen LogP contribution in [0.5, 0.6) is 0 Å². The van der Waals surface area contributed by atoms with Gasteiger partial charge in [0.25, 0.3) is 0 Å². The molecule has 0 unspecified atom stereocenters. The average molecular weight is 437 g/mol. The Labute approximate surface area is 184 Å². The van der Waals surface area contributed by atoms with Crippen LogP contribution in [0.2, 0.25) is 0 Å². The minimum atomic E-state index is -3.18. The van der Waals surface area contributed by atoms with E-state index < -0.39 is 9.84 Å². The Hall–Kier alpha value is -2.90. The zero-order valence-corrected chi connectivity index (χ0v) is 18.6. The first-order valence-electron chi connectivity index (χ1n) is 10.5. The lowest BCUT2D eigenvalue weighted by Gasteiger charge is -2.35. The van der Waals surface area contributed by atoms with Crippen molar-refractivity contribution < 1.29 is 8.42 Å². The number of nitrogens with one attached hydrogen (secondary N) is 3. The van der Waals surface area contributed by atoms with Crippen molar-refractivity contribution in [3.8, 4) is 0 Å². The van der Waals surface area contributed by atoms with Crippen LogP contribution >= 0.6 is 0 Å². The molecule has 0 radical (unpaired) electrons. The molecule has 1 aliphatic heterocycles. The summed E-state index contributed by atoms with van der Waals surface area (Å²) in [6.45, 7) is 3.68. The number of rotatable bonds is 7. The highest BCUT2D eigenvalue weighted by Crippen LogP contribution is 2.29. The van der Waals surface area contributed by atoms with Gasteiger partial charge in [-0.25, -0.2) is 13.4 Å². The summed E-state index contributed by atoms with van der Waals surface area (Å²) in [7, 11) is -3.18. The number of sulfone groups is 1. The van der Waals surface area contributed by atoms with Crippen molar-refractivity contribution in [1.82, 2.24) is 10.3 Å². The van der Waals surface area contributed by atoms with Crippen LogP contribution in [0.25, 0.3) is 0 Å². The number of benzene rings is 2. The van der Waals surface area contributed by atoms with Crippen molar-refractivity contribution in [3.63, 3.8) is 0 Å². The van der Waals surface area contributed by atoms with Gasteiger partial charge in [-0.15, -0.1) is 0 Å². The summed E-state index contributed by atoms with van der Waals surface area (Å²) in [6, 6.07) is 21.8. The third-order valence-corrected chi connectivity index (χ3v) is 6.85. The van der Waals surface area contributed by atoms with Gasteiger partial charge in [-0.1, -0.05) is 49.4 Å². The molecule has 0 amide bonds. The van der Waals surface area contributed by atoms with Crippen molar-refractivity contribution >= 4 is 21.3 Å². The van der Waals surface area contributed by atoms with E-state index in [4.69, 9.17) is 0 Å². The molecular formula is C24H28N4O2S. The number of anilines is 2. The van der Waals surface area contributed by atoms with Crippen LogP contribution in [-0.4, -0.2) is 38.8 Å². The molecule has 3 N–H and O–H groups in total. The van der Waals surface area contributed by atoms with Crippen LogP contribution in [0.4, 0.5) is 11.5 Å². The highest BCUT2D eigenvalue weighted by Gasteiger charge is 2.27.